The van der Waals surface area contributed by atoms with Gasteiger partial charge < -0.3 is 10.0 Å². The molecule has 0 spiro atoms. The molecule has 0 bridgehead atoms. The van der Waals surface area contributed by atoms with Gasteiger partial charge in [0.1, 0.15) is 0 Å². The molecule has 1 N–H and O–H groups in total. The van der Waals surface area contributed by atoms with Crippen molar-refractivity contribution in [3.05, 3.63) is 35.4 Å². The molecule has 3 rings (SSSR count). The first-order valence-electron chi connectivity index (χ1n) is 6.35. The van der Waals surface area contributed by atoms with Gasteiger partial charge in [0.05, 0.1) is 6.54 Å². The molecule has 1 aromatic rings. The third-order valence-electron chi connectivity index (χ3n) is 3.87. The van der Waals surface area contributed by atoms with Crippen molar-refractivity contribution in [3.63, 3.8) is 0 Å². The topological polar surface area (TPSA) is 35.8 Å². The van der Waals surface area contributed by atoms with Crippen molar-refractivity contribution in [1.29, 1.82) is 0 Å². The van der Waals surface area contributed by atoms with Crippen molar-refractivity contribution < 1.29 is 5.11 Å². The lowest BCUT2D eigenvalue weighted by Gasteiger charge is -2.37. The Labute approximate surface area is 112 Å². The minimum atomic E-state index is -0.763. The Balaban J connectivity index is 2.00. The fraction of sp³-hybridized carbons (Fsp3) is 0.500. The summed E-state index contributed by atoms with van der Waals surface area (Å²) < 4.78 is 0. The Kier molecular flexibility index (Phi) is 2.87. The SMILES string of the molecule is CC(C)C1(O)CSC2=NCc3ccccc3CN21. The largest absolute Gasteiger partial charge is 0.370 e. The van der Waals surface area contributed by atoms with E-state index in [0.29, 0.717) is 5.75 Å². The predicted octanol–water partition coefficient (Wildman–Crippen LogP) is 2.45. The summed E-state index contributed by atoms with van der Waals surface area (Å²) in [6, 6.07) is 8.37. The lowest BCUT2D eigenvalue weighted by molar-refractivity contribution is -0.0832. The minimum absolute atomic E-state index is 0.197. The van der Waals surface area contributed by atoms with Crippen LogP contribution in [0, 0.1) is 5.92 Å². The first kappa shape index (κ1) is 12.1. The van der Waals surface area contributed by atoms with Crippen LogP contribution in [0.25, 0.3) is 0 Å². The molecular formula is C14H18N2OS. The zero-order valence-corrected chi connectivity index (χ0v) is 11.6. The molecule has 1 atom stereocenters. The molecule has 4 heteroatoms. The predicted molar refractivity (Wildman–Crippen MR) is 75.4 cm³/mol. The van der Waals surface area contributed by atoms with Crippen molar-refractivity contribution in [2.45, 2.75) is 32.7 Å². The Bertz CT molecular complexity index is 500. The molecule has 18 heavy (non-hydrogen) atoms. The summed E-state index contributed by atoms with van der Waals surface area (Å²) in [6.45, 7) is 5.63. The molecule has 0 amide bonds. The molecular weight excluding hydrogens is 244 g/mol. The summed E-state index contributed by atoms with van der Waals surface area (Å²) >= 11 is 1.67. The molecule has 0 radical (unpaired) electrons. The lowest BCUT2D eigenvalue weighted by Crippen LogP contribution is -2.50. The summed E-state index contributed by atoms with van der Waals surface area (Å²) in [5, 5.41) is 11.8. The van der Waals surface area contributed by atoms with Crippen LogP contribution in [0.2, 0.25) is 0 Å². The van der Waals surface area contributed by atoms with Gasteiger partial charge in [0.15, 0.2) is 10.9 Å². The van der Waals surface area contributed by atoms with Crippen LogP contribution in [0.3, 0.4) is 0 Å². The number of hydrogen-bond donors (Lipinski definition) is 1. The van der Waals surface area contributed by atoms with Gasteiger partial charge in [-0.25, -0.2) is 0 Å². The van der Waals surface area contributed by atoms with Crippen molar-refractivity contribution in [2.24, 2.45) is 10.9 Å². The minimum Gasteiger partial charge on any atom is -0.370 e. The normalized spacial score (nSPS) is 26.7. The van der Waals surface area contributed by atoms with Crippen LogP contribution in [0.5, 0.6) is 0 Å². The highest BCUT2D eigenvalue weighted by atomic mass is 32.2. The van der Waals surface area contributed by atoms with Gasteiger partial charge in [-0.1, -0.05) is 49.9 Å². The molecule has 2 aliphatic heterocycles. The number of rotatable bonds is 1. The number of aliphatic hydroxyl groups is 1. The molecule has 1 fully saturated rings. The van der Waals surface area contributed by atoms with E-state index >= 15 is 0 Å². The summed E-state index contributed by atoms with van der Waals surface area (Å²) in [5.74, 6) is 0.911. The number of hydrogen-bond acceptors (Lipinski definition) is 4. The van der Waals surface area contributed by atoms with Crippen LogP contribution < -0.4 is 0 Å². The fourth-order valence-corrected chi connectivity index (χ4v) is 3.86. The number of fused-ring (bicyclic) bond motifs is 2. The van der Waals surface area contributed by atoms with Crippen LogP contribution in [-0.2, 0) is 13.1 Å². The molecule has 1 unspecified atom stereocenters. The van der Waals surface area contributed by atoms with E-state index in [1.807, 2.05) is 0 Å². The summed E-state index contributed by atoms with van der Waals surface area (Å²) in [7, 11) is 0. The zero-order valence-electron chi connectivity index (χ0n) is 10.8. The first-order chi connectivity index (χ1) is 8.61. The van der Waals surface area contributed by atoms with Crippen LogP contribution in [-0.4, -0.2) is 26.7 Å². The van der Waals surface area contributed by atoms with Crippen LogP contribution >= 0.6 is 11.8 Å². The highest BCUT2D eigenvalue weighted by Gasteiger charge is 2.46. The molecule has 0 aromatic heterocycles. The standard InChI is InChI=1S/C14H18N2OS/c1-10(2)14(17)9-18-13-15-7-11-5-3-4-6-12(11)8-16(13)14/h3-6,10,17H,7-9H2,1-2H3. The second kappa shape index (κ2) is 4.28. The van der Waals surface area contributed by atoms with Gasteiger partial charge in [0, 0.05) is 18.2 Å². The molecule has 96 valence electrons. The van der Waals surface area contributed by atoms with Gasteiger partial charge in [-0.2, -0.15) is 0 Å². The van der Waals surface area contributed by atoms with Crippen LogP contribution in [0.1, 0.15) is 25.0 Å². The van der Waals surface area contributed by atoms with Gasteiger partial charge in [-0.3, -0.25) is 4.99 Å². The van der Waals surface area contributed by atoms with Crippen molar-refractivity contribution in [1.82, 2.24) is 4.90 Å². The van der Waals surface area contributed by atoms with E-state index in [1.54, 1.807) is 11.8 Å². The maximum atomic E-state index is 10.8. The van der Waals surface area contributed by atoms with E-state index in [1.165, 1.54) is 11.1 Å². The Morgan fingerprint density at radius 2 is 2.06 bits per heavy atom. The average molecular weight is 262 g/mol. The maximum absolute atomic E-state index is 10.8. The zero-order chi connectivity index (χ0) is 12.8. The van der Waals surface area contributed by atoms with Gasteiger partial charge in [0.2, 0.25) is 0 Å². The summed E-state index contributed by atoms with van der Waals surface area (Å²) in [6.07, 6.45) is 0. The number of benzene rings is 1. The summed E-state index contributed by atoms with van der Waals surface area (Å²) in [5.41, 5.74) is 1.78. The molecule has 0 saturated carbocycles. The van der Waals surface area contributed by atoms with Gasteiger partial charge in [0.25, 0.3) is 0 Å². The molecule has 1 aromatic carbocycles. The third kappa shape index (κ3) is 1.75. The number of aliphatic imine (C=N–C) groups is 1. The van der Waals surface area contributed by atoms with Crippen LogP contribution in [0.15, 0.2) is 29.3 Å². The van der Waals surface area contributed by atoms with E-state index in [9.17, 15) is 5.11 Å². The van der Waals surface area contributed by atoms with E-state index < -0.39 is 5.72 Å². The van der Waals surface area contributed by atoms with Gasteiger partial charge >= 0.3 is 0 Å². The Hall–Kier alpha value is -1.00. The molecule has 3 nitrogen and oxygen atoms in total. The highest BCUT2D eigenvalue weighted by Crippen LogP contribution is 2.39. The van der Waals surface area contributed by atoms with Crippen molar-refractivity contribution in [3.8, 4) is 0 Å². The smallest absolute Gasteiger partial charge is 0.162 e. The molecule has 0 aliphatic carbocycles. The number of nitrogens with zero attached hydrogens (tertiary/aromatic N) is 2. The highest BCUT2D eigenvalue weighted by molar-refractivity contribution is 8.14. The van der Waals surface area contributed by atoms with Crippen LogP contribution in [0.4, 0.5) is 0 Å². The monoisotopic (exact) mass is 262 g/mol. The maximum Gasteiger partial charge on any atom is 0.162 e. The molecule has 1 saturated heterocycles. The van der Waals surface area contributed by atoms with Crippen molar-refractivity contribution in [2.75, 3.05) is 5.75 Å². The average Bonchev–Trinajstić information content (AvgIpc) is 2.58. The second-order valence-electron chi connectivity index (χ2n) is 5.28. The van der Waals surface area contributed by atoms with Gasteiger partial charge in [-0.05, 0) is 11.1 Å². The van der Waals surface area contributed by atoms with E-state index in [-0.39, 0.29) is 5.92 Å². The second-order valence-corrected chi connectivity index (χ2v) is 6.22. The van der Waals surface area contributed by atoms with E-state index in [0.717, 1.165) is 18.3 Å². The Morgan fingerprint density at radius 1 is 1.33 bits per heavy atom. The Morgan fingerprint density at radius 3 is 2.78 bits per heavy atom. The number of thioether (sulfide) groups is 1. The van der Waals surface area contributed by atoms with Gasteiger partial charge in [-0.15, -0.1) is 0 Å². The quantitative estimate of drug-likeness (QED) is 0.844. The van der Waals surface area contributed by atoms with Crippen molar-refractivity contribution >= 4 is 16.9 Å². The van der Waals surface area contributed by atoms with E-state index in [2.05, 4.69) is 48.0 Å². The fourth-order valence-electron chi connectivity index (χ4n) is 2.50. The first-order valence-corrected chi connectivity index (χ1v) is 7.34. The summed E-state index contributed by atoms with van der Waals surface area (Å²) in [4.78, 5) is 6.73. The lowest BCUT2D eigenvalue weighted by atomic mass is 9.99. The third-order valence-corrected chi connectivity index (χ3v) is 5.05. The number of amidine groups is 1. The molecule has 2 aliphatic rings. The van der Waals surface area contributed by atoms with E-state index in [4.69, 9.17) is 0 Å². The molecule has 2 heterocycles.